The van der Waals surface area contributed by atoms with E-state index in [1.54, 1.807) is 24.3 Å². The molecule has 1 aliphatic rings. The third kappa shape index (κ3) is 3.11. The number of rotatable bonds is 4. The molecule has 1 saturated heterocycles. The maximum Gasteiger partial charge on any atom is 0.161 e. The van der Waals surface area contributed by atoms with E-state index in [1.165, 1.54) is 0 Å². The number of nitrogens with zero attached hydrogens (tertiary/aromatic N) is 1. The first-order valence-corrected chi connectivity index (χ1v) is 5.94. The van der Waals surface area contributed by atoms with Gasteiger partial charge in [0.1, 0.15) is 6.61 Å². The van der Waals surface area contributed by atoms with Gasteiger partial charge in [-0.05, 0) is 32.1 Å². The number of hydrogen-bond donors (Lipinski definition) is 2. The Hall–Kier alpha value is -1.26. The Labute approximate surface area is 101 Å². The highest BCUT2D eigenvalue weighted by Gasteiger charge is 2.26. The van der Waals surface area contributed by atoms with Crippen LogP contribution in [0.5, 0.6) is 11.5 Å². The fourth-order valence-electron chi connectivity index (χ4n) is 2.17. The highest BCUT2D eigenvalue weighted by Crippen LogP contribution is 2.25. The first kappa shape index (κ1) is 12.2. The molecular formula is C13H19NO3. The minimum absolute atomic E-state index is 0.114. The summed E-state index contributed by atoms with van der Waals surface area (Å²) in [4.78, 5) is 2.20. The van der Waals surface area contributed by atoms with E-state index < -0.39 is 6.10 Å². The molecule has 17 heavy (non-hydrogen) atoms. The van der Waals surface area contributed by atoms with Crippen LogP contribution in [-0.4, -0.2) is 48.0 Å². The summed E-state index contributed by atoms with van der Waals surface area (Å²) in [6, 6.07) is 6.81. The van der Waals surface area contributed by atoms with Gasteiger partial charge in [-0.15, -0.1) is 0 Å². The molecule has 0 spiro atoms. The highest BCUT2D eigenvalue weighted by molar-refractivity contribution is 5.37. The van der Waals surface area contributed by atoms with Gasteiger partial charge in [0.25, 0.3) is 0 Å². The smallest absolute Gasteiger partial charge is 0.161 e. The summed E-state index contributed by atoms with van der Waals surface area (Å²) in [5.74, 6) is 0.812. The van der Waals surface area contributed by atoms with E-state index >= 15 is 0 Å². The minimum atomic E-state index is -0.473. The molecule has 2 N–H and O–H groups in total. The van der Waals surface area contributed by atoms with Crippen LogP contribution >= 0.6 is 0 Å². The van der Waals surface area contributed by atoms with Crippen LogP contribution in [0.1, 0.15) is 6.42 Å². The molecule has 4 heteroatoms. The maximum absolute atomic E-state index is 9.99. The van der Waals surface area contributed by atoms with Gasteiger partial charge in [0.05, 0.1) is 6.10 Å². The molecule has 2 rings (SSSR count). The molecule has 1 aromatic carbocycles. The predicted octanol–water partition coefficient (Wildman–Crippen LogP) is 1.08. The lowest BCUT2D eigenvalue weighted by Crippen LogP contribution is -2.29. The number of phenols is 1. The molecule has 0 saturated carbocycles. The summed E-state index contributed by atoms with van der Waals surface area (Å²) in [5.41, 5.74) is 0. The number of likely N-dealkylation sites (tertiary alicyclic amines) is 1. The number of para-hydroxylation sites is 2. The van der Waals surface area contributed by atoms with Gasteiger partial charge in [-0.25, -0.2) is 0 Å². The molecule has 0 amide bonds. The van der Waals surface area contributed by atoms with Crippen molar-refractivity contribution in [2.45, 2.75) is 12.5 Å². The van der Waals surface area contributed by atoms with Crippen LogP contribution < -0.4 is 4.74 Å². The van der Waals surface area contributed by atoms with Gasteiger partial charge in [0.2, 0.25) is 0 Å². The van der Waals surface area contributed by atoms with Gasteiger partial charge < -0.3 is 19.8 Å². The second kappa shape index (κ2) is 5.38. The number of aliphatic hydroxyl groups is 1. The molecule has 0 radical (unpaired) electrons. The quantitative estimate of drug-likeness (QED) is 0.823. The van der Waals surface area contributed by atoms with Crippen molar-refractivity contribution in [1.82, 2.24) is 4.90 Å². The molecule has 0 aromatic heterocycles. The Bertz CT molecular complexity index is 369. The molecule has 94 valence electrons. The topological polar surface area (TPSA) is 52.9 Å². The molecule has 1 heterocycles. The van der Waals surface area contributed by atoms with Crippen LogP contribution in [0.15, 0.2) is 24.3 Å². The van der Waals surface area contributed by atoms with Gasteiger partial charge >= 0.3 is 0 Å². The third-order valence-electron chi connectivity index (χ3n) is 3.25. The number of benzene rings is 1. The van der Waals surface area contributed by atoms with Crippen molar-refractivity contribution in [1.29, 1.82) is 0 Å². The predicted molar refractivity (Wildman–Crippen MR) is 65.2 cm³/mol. The van der Waals surface area contributed by atoms with E-state index in [9.17, 15) is 10.2 Å². The Balaban J connectivity index is 1.84. The first-order valence-electron chi connectivity index (χ1n) is 5.94. The van der Waals surface area contributed by atoms with E-state index in [0.717, 1.165) is 19.5 Å². The molecule has 1 fully saturated rings. The average molecular weight is 237 g/mol. The Morgan fingerprint density at radius 1 is 1.47 bits per heavy atom. The molecule has 1 aromatic rings. The lowest BCUT2D eigenvalue weighted by molar-refractivity contribution is 0.0597. The van der Waals surface area contributed by atoms with E-state index in [0.29, 0.717) is 5.75 Å². The standard InChI is InChI=1S/C13H19NO3/c1-14-7-6-10(8-14)12(16)9-17-13-5-3-2-4-11(13)15/h2-5,10,12,15-16H,6-9H2,1H3. The van der Waals surface area contributed by atoms with Crippen molar-refractivity contribution in [2.24, 2.45) is 5.92 Å². The SMILES string of the molecule is CN1CCC(C(O)COc2ccccc2O)C1. The van der Waals surface area contributed by atoms with Crippen LogP contribution in [0.4, 0.5) is 0 Å². The fraction of sp³-hybridized carbons (Fsp3) is 0.538. The Kier molecular flexibility index (Phi) is 3.86. The lowest BCUT2D eigenvalue weighted by Gasteiger charge is -2.18. The molecule has 4 nitrogen and oxygen atoms in total. The zero-order valence-corrected chi connectivity index (χ0v) is 10.0. The Morgan fingerprint density at radius 2 is 2.24 bits per heavy atom. The van der Waals surface area contributed by atoms with Crippen molar-refractivity contribution < 1.29 is 14.9 Å². The molecule has 0 aliphatic carbocycles. The number of phenolic OH excluding ortho intramolecular Hbond substituents is 1. The number of aromatic hydroxyl groups is 1. The van der Waals surface area contributed by atoms with Crippen LogP contribution in [0.3, 0.4) is 0 Å². The van der Waals surface area contributed by atoms with Crippen molar-refractivity contribution >= 4 is 0 Å². The maximum atomic E-state index is 9.99. The van der Waals surface area contributed by atoms with Crippen LogP contribution in [0.25, 0.3) is 0 Å². The number of aliphatic hydroxyl groups excluding tert-OH is 1. The number of ether oxygens (including phenoxy) is 1. The summed E-state index contributed by atoms with van der Waals surface area (Å²) in [6.45, 7) is 2.17. The van der Waals surface area contributed by atoms with Gasteiger partial charge in [0, 0.05) is 12.5 Å². The van der Waals surface area contributed by atoms with Crippen molar-refractivity contribution in [3.8, 4) is 11.5 Å². The van der Waals surface area contributed by atoms with Crippen LogP contribution in [0.2, 0.25) is 0 Å². The monoisotopic (exact) mass is 237 g/mol. The van der Waals surface area contributed by atoms with Crippen LogP contribution in [-0.2, 0) is 0 Å². The summed E-state index contributed by atoms with van der Waals surface area (Å²) < 4.78 is 5.43. The average Bonchev–Trinajstić information content (AvgIpc) is 2.74. The zero-order valence-electron chi connectivity index (χ0n) is 10.0. The molecule has 2 unspecified atom stereocenters. The highest BCUT2D eigenvalue weighted by atomic mass is 16.5. The van der Waals surface area contributed by atoms with E-state index in [1.807, 2.05) is 0 Å². The molecular weight excluding hydrogens is 218 g/mol. The third-order valence-corrected chi connectivity index (χ3v) is 3.25. The van der Waals surface area contributed by atoms with Crippen molar-refractivity contribution in [2.75, 3.05) is 26.7 Å². The van der Waals surface area contributed by atoms with Crippen LogP contribution in [0, 0.1) is 5.92 Å². The summed E-state index contributed by atoms with van der Waals surface area (Å²) in [7, 11) is 2.05. The van der Waals surface area contributed by atoms with E-state index in [2.05, 4.69) is 11.9 Å². The molecule has 0 bridgehead atoms. The number of hydrogen-bond acceptors (Lipinski definition) is 4. The van der Waals surface area contributed by atoms with Gasteiger partial charge in [-0.2, -0.15) is 0 Å². The zero-order chi connectivity index (χ0) is 12.3. The summed E-state index contributed by atoms with van der Waals surface area (Å²) >= 11 is 0. The van der Waals surface area contributed by atoms with Gasteiger partial charge in [-0.3, -0.25) is 0 Å². The second-order valence-electron chi connectivity index (χ2n) is 4.66. The first-order chi connectivity index (χ1) is 8.16. The normalized spacial score (nSPS) is 22.6. The molecule has 2 atom stereocenters. The van der Waals surface area contributed by atoms with Gasteiger partial charge in [0.15, 0.2) is 11.5 Å². The van der Waals surface area contributed by atoms with E-state index in [4.69, 9.17) is 4.74 Å². The summed E-state index contributed by atoms with van der Waals surface area (Å²) in [6.07, 6.45) is 0.529. The van der Waals surface area contributed by atoms with E-state index in [-0.39, 0.29) is 18.3 Å². The molecule has 1 aliphatic heterocycles. The van der Waals surface area contributed by atoms with Gasteiger partial charge in [-0.1, -0.05) is 12.1 Å². The fourth-order valence-corrected chi connectivity index (χ4v) is 2.17. The second-order valence-corrected chi connectivity index (χ2v) is 4.66. The van der Waals surface area contributed by atoms with Crippen molar-refractivity contribution in [3.63, 3.8) is 0 Å². The Morgan fingerprint density at radius 3 is 2.88 bits per heavy atom. The largest absolute Gasteiger partial charge is 0.504 e. The van der Waals surface area contributed by atoms with Crippen molar-refractivity contribution in [3.05, 3.63) is 24.3 Å². The minimum Gasteiger partial charge on any atom is -0.504 e. The lowest BCUT2D eigenvalue weighted by atomic mass is 10.0. The summed E-state index contributed by atoms with van der Waals surface area (Å²) in [5, 5.41) is 19.5.